The second-order valence-corrected chi connectivity index (χ2v) is 5.88. The molecule has 0 spiro atoms. The SMILES string of the molecule is CC(C)N1CCC(Nc2cccc3c2OCCO3)CC1. The number of para-hydroxylation sites is 1. The van der Waals surface area contributed by atoms with Gasteiger partial charge in [-0.2, -0.15) is 0 Å². The molecule has 0 amide bonds. The number of likely N-dealkylation sites (tertiary alicyclic amines) is 1. The molecule has 4 nitrogen and oxygen atoms in total. The zero-order chi connectivity index (χ0) is 13.9. The van der Waals surface area contributed by atoms with Crippen molar-refractivity contribution in [2.45, 2.75) is 38.8 Å². The van der Waals surface area contributed by atoms with Gasteiger partial charge in [-0.1, -0.05) is 6.07 Å². The number of hydrogen-bond donors (Lipinski definition) is 1. The van der Waals surface area contributed by atoms with Crippen LogP contribution in [0.3, 0.4) is 0 Å². The highest BCUT2D eigenvalue weighted by Crippen LogP contribution is 2.38. The zero-order valence-electron chi connectivity index (χ0n) is 12.4. The summed E-state index contributed by atoms with van der Waals surface area (Å²) in [6, 6.07) is 7.27. The first-order valence-corrected chi connectivity index (χ1v) is 7.63. The van der Waals surface area contributed by atoms with Gasteiger partial charge in [-0.05, 0) is 38.8 Å². The largest absolute Gasteiger partial charge is 0.486 e. The van der Waals surface area contributed by atoms with Gasteiger partial charge in [0.25, 0.3) is 0 Å². The van der Waals surface area contributed by atoms with Crippen molar-refractivity contribution < 1.29 is 9.47 Å². The van der Waals surface area contributed by atoms with Crippen molar-refractivity contribution in [2.75, 3.05) is 31.6 Å². The van der Waals surface area contributed by atoms with Gasteiger partial charge >= 0.3 is 0 Å². The summed E-state index contributed by atoms with van der Waals surface area (Å²) in [5.41, 5.74) is 1.07. The first-order chi connectivity index (χ1) is 9.74. The number of fused-ring (bicyclic) bond motifs is 1. The molecule has 110 valence electrons. The number of nitrogens with one attached hydrogen (secondary N) is 1. The fraction of sp³-hybridized carbons (Fsp3) is 0.625. The Hall–Kier alpha value is -1.42. The third-order valence-electron chi connectivity index (χ3n) is 4.19. The lowest BCUT2D eigenvalue weighted by Gasteiger charge is -2.35. The summed E-state index contributed by atoms with van der Waals surface area (Å²) in [5, 5.41) is 3.64. The van der Waals surface area contributed by atoms with E-state index in [1.165, 1.54) is 25.9 Å². The predicted molar refractivity (Wildman–Crippen MR) is 80.8 cm³/mol. The van der Waals surface area contributed by atoms with Gasteiger partial charge in [-0.25, -0.2) is 0 Å². The zero-order valence-corrected chi connectivity index (χ0v) is 12.4. The highest BCUT2D eigenvalue weighted by molar-refractivity contribution is 5.64. The highest BCUT2D eigenvalue weighted by Gasteiger charge is 2.23. The highest BCUT2D eigenvalue weighted by atomic mass is 16.6. The summed E-state index contributed by atoms with van der Waals surface area (Å²) in [6.07, 6.45) is 2.37. The molecule has 1 aromatic carbocycles. The third-order valence-corrected chi connectivity index (χ3v) is 4.19. The molecule has 0 bridgehead atoms. The van der Waals surface area contributed by atoms with E-state index in [1.807, 2.05) is 12.1 Å². The van der Waals surface area contributed by atoms with Crippen molar-refractivity contribution in [3.8, 4) is 11.5 Å². The van der Waals surface area contributed by atoms with E-state index in [1.54, 1.807) is 0 Å². The number of nitrogens with zero attached hydrogens (tertiary/aromatic N) is 1. The van der Waals surface area contributed by atoms with Crippen molar-refractivity contribution in [2.24, 2.45) is 0 Å². The van der Waals surface area contributed by atoms with Gasteiger partial charge in [0.2, 0.25) is 0 Å². The van der Waals surface area contributed by atoms with Crippen molar-refractivity contribution in [1.29, 1.82) is 0 Å². The van der Waals surface area contributed by atoms with Gasteiger partial charge in [0.15, 0.2) is 11.5 Å². The van der Waals surface area contributed by atoms with E-state index < -0.39 is 0 Å². The normalized spacial score (nSPS) is 20.1. The maximum atomic E-state index is 5.76. The second-order valence-electron chi connectivity index (χ2n) is 5.88. The maximum absolute atomic E-state index is 5.76. The minimum atomic E-state index is 0.530. The van der Waals surface area contributed by atoms with Crippen LogP contribution in [0.5, 0.6) is 11.5 Å². The average molecular weight is 276 g/mol. The molecule has 0 atom stereocenters. The molecule has 4 heteroatoms. The first-order valence-electron chi connectivity index (χ1n) is 7.63. The molecule has 1 aromatic rings. The fourth-order valence-electron chi connectivity index (χ4n) is 2.97. The molecule has 3 rings (SSSR count). The van der Waals surface area contributed by atoms with Crippen molar-refractivity contribution in [1.82, 2.24) is 4.90 Å². The molecule has 1 fully saturated rings. The van der Waals surface area contributed by atoms with Crippen LogP contribution in [0, 0.1) is 0 Å². The lowest BCUT2D eigenvalue weighted by molar-refractivity contribution is 0.170. The van der Waals surface area contributed by atoms with Crippen LogP contribution in [0.2, 0.25) is 0 Å². The predicted octanol–water partition coefficient (Wildman–Crippen LogP) is 2.74. The van der Waals surface area contributed by atoms with E-state index in [0.29, 0.717) is 25.3 Å². The van der Waals surface area contributed by atoms with Crippen LogP contribution in [0.25, 0.3) is 0 Å². The molecule has 20 heavy (non-hydrogen) atoms. The van der Waals surface area contributed by atoms with E-state index in [4.69, 9.17) is 9.47 Å². The summed E-state index contributed by atoms with van der Waals surface area (Å²) in [6.45, 7) is 8.16. The van der Waals surface area contributed by atoms with Crippen LogP contribution in [-0.4, -0.2) is 43.3 Å². The van der Waals surface area contributed by atoms with Crippen LogP contribution in [-0.2, 0) is 0 Å². The summed E-state index contributed by atoms with van der Waals surface area (Å²) < 4.78 is 11.4. The smallest absolute Gasteiger partial charge is 0.184 e. The Morgan fingerprint density at radius 1 is 1.15 bits per heavy atom. The molecule has 2 aliphatic heterocycles. The van der Waals surface area contributed by atoms with Crippen LogP contribution in [0.15, 0.2) is 18.2 Å². The van der Waals surface area contributed by atoms with Crippen LogP contribution < -0.4 is 14.8 Å². The summed E-state index contributed by atoms with van der Waals surface area (Å²) in [4.78, 5) is 2.54. The molecule has 1 N–H and O–H groups in total. The van der Waals surface area contributed by atoms with E-state index in [9.17, 15) is 0 Å². The Labute approximate surface area is 121 Å². The van der Waals surface area contributed by atoms with Crippen LogP contribution in [0.1, 0.15) is 26.7 Å². The number of rotatable bonds is 3. The lowest BCUT2D eigenvalue weighted by atomic mass is 10.0. The molecule has 0 saturated carbocycles. The Morgan fingerprint density at radius 3 is 2.65 bits per heavy atom. The molecule has 0 aliphatic carbocycles. The number of benzene rings is 1. The standard InChI is InChI=1S/C16H24N2O2/c1-12(2)18-8-6-13(7-9-18)17-14-4-3-5-15-16(14)20-11-10-19-15/h3-5,12-13,17H,6-11H2,1-2H3. The number of hydrogen-bond acceptors (Lipinski definition) is 4. The summed E-state index contributed by atoms with van der Waals surface area (Å²) in [7, 11) is 0. The van der Waals surface area contributed by atoms with E-state index >= 15 is 0 Å². The Kier molecular flexibility index (Phi) is 4.01. The Balaban J connectivity index is 1.64. The lowest BCUT2D eigenvalue weighted by Crippen LogP contribution is -2.42. The van der Waals surface area contributed by atoms with E-state index in [2.05, 4.69) is 30.1 Å². The quantitative estimate of drug-likeness (QED) is 0.920. The minimum absolute atomic E-state index is 0.530. The van der Waals surface area contributed by atoms with Crippen molar-refractivity contribution in [3.05, 3.63) is 18.2 Å². The molecule has 0 radical (unpaired) electrons. The van der Waals surface area contributed by atoms with Gasteiger partial charge in [0.05, 0.1) is 5.69 Å². The number of ether oxygens (including phenoxy) is 2. The average Bonchev–Trinajstić information content (AvgIpc) is 2.48. The van der Waals surface area contributed by atoms with Gasteiger partial charge in [0.1, 0.15) is 13.2 Å². The van der Waals surface area contributed by atoms with E-state index in [0.717, 1.165) is 17.2 Å². The molecule has 1 saturated heterocycles. The maximum Gasteiger partial charge on any atom is 0.184 e. The molecular formula is C16H24N2O2. The number of piperidine rings is 1. The summed E-state index contributed by atoms with van der Waals surface area (Å²) >= 11 is 0. The molecule has 0 unspecified atom stereocenters. The van der Waals surface area contributed by atoms with Crippen LogP contribution in [0.4, 0.5) is 5.69 Å². The second kappa shape index (κ2) is 5.92. The van der Waals surface area contributed by atoms with E-state index in [-0.39, 0.29) is 0 Å². The first kappa shape index (κ1) is 13.6. The monoisotopic (exact) mass is 276 g/mol. The fourth-order valence-corrected chi connectivity index (χ4v) is 2.97. The van der Waals surface area contributed by atoms with Crippen molar-refractivity contribution >= 4 is 5.69 Å². The number of anilines is 1. The van der Waals surface area contributed by atoms with Crippen molar-refractivity contribution in [3.63, 3.8) is 0 Å². The Bertz CT molecular complexity index is 454. The molecular weight excluding hydrogens is 252 g/mol. The molecule has 0 aromatic heterocycles. The topological polar surface area (TPSA) is 33.7 Å². The van der Waals surface area contributed by atoms with Gasteiger partial charge in [0, 0.05) is 25.2 Å². The van der Waals surface area contributed by atoms with Gasteiger partial charge in [-0.3, -0.25) is 0 Å². The minimum Gasteiger partial charge on any atom is -0.486 e. The molecule has 2 heterocycles. The summed E-state index contributed by atoms with van der Waals surface area (Å²) in [5.74, 6) is 1.74. The van der Waals surface area contributed by atoms with Gasteiger partial charge in [-0.15, -0.1) is 0 Å². The van der Waals surface area contributed by atoms with Gasteiger partial charge < -0.3 is 19.7 Å². The van der Waals surface area contributed by atoms with Crippen LogP contribution >= 0.6 is 0 Å². The Morgan fingerprint density at radius 2 is 1.90 bits per heavy atom. The third kappa shape index (κ3) is 2.85. The molecule has 2 aliphatic rings.